The predicted molar refractivity (Wildman–Crippen MR) is 164 cm³/mol. The molecule has 7 rings (SSSR count). The number of likely N-dealkylation sites (tertiary alicyclic amines) is 2. The maximum atomic E-state index is 13.6. The molecule has 0 aromatic carbocycles. The SMILES string of the molecule is CC(C)NCc1cc(C(=O)N2CCC(N3CC(CC#N)(N4N=CC(C5C6N=CN=C7NC=CC765)C4C)C3)CC2)nc(C(F)(F)F)n1. The summed E-state index contributed by atoms with van der Waals surface area (Å²) in [7, 11) is 0. The van der Waals surface area contributed by atoms with Crippen molar-refractivity contribution in [3.05, 3.63) is 35.6 Å². The number of hydrogen-bond acceptors (Lipinski definition) is 11. The molecular formula is C31H38F3N11O. The molecule has 5 unspecified atom stereocenters. The Hall–Kier alpha value is -3.90. The lowest BCUT2D eigenvalue weighted by molar-refractivity contribution is -0.145. The molecule has 3 fully saturated rings. The Morgan fingerprint density at radius 2 is 2.00 bits per heavy atom. The summed E-state index contributed by atoms with van der Waals surface area (Å²) < 4.78 is 40.7. The summed E-state index contributed by atoms with van der Waals surface area (Å²) in [6.07, 6.45) is 4.76. The van der Waals surface area contributed by atoms with E-state index in [1.807, 2.05) is 26.3 Å². The molecule has 1 amide bonds. The Bertz CT molecular complexity index is 1550. The smallest absolute Gasteiger partial charge is 0.350 e. The third-order valence-electron chi connectivity index (χ3n) is 10.5. The van der Waals surface area contributed by atoms with Crippen LogP contribution in [0.25, 0.3) is 0 Å². The molecule has 15 heteroatoms. The van der Waals surface area contributed by atoms with Gasteiger partial charge in [-0.25, -0.2) is 15.0 Å². The largest absolute Gasteiger partial charge is 0.451 e. The molecule has 1 aromatic rings. The zero-order chi connectivity index (χ0) is 32.4. The molecule has 2 saturated heterocycles. The number of hydrogen-bond donors (Lipinski definition) is 2. The molecule has 1 aromatic heterocycles. The fraction of sp³-hybridized carbons (Fsp3) is 0.645. The van der Waals surface area contributed by atoms with E-state index < -0.39 is 23.4 Å². The fourth-order valence-corrected chi connectivity index (χ4v) is 8.11. The van der Waals surface area contributed by atoms with Crippen molar-refractivity contribution in [2.75, 3.05) is 26.2 Å². The second kappa shape index (κ2) is 11.1. The summed E-state index contributed by atoms with van der Waals surface area (Å²) in [5.74, 6) is -0.429. The van der Waals surface area contributed by atoms with Crippen LogP contribution in [0, 0.1) is 28.6 Å². The zero-order valence-electron chi connectivity index (χ0n) is 26.1. The van der Waals surface area contributed by atoms with Gasteiger partial charge in [-0.15, -0.1) is 0 Å². The summed E-state index contributed by atoms with van der Waals surface area (Å²) in [5, 5.41) is 23.2. The van der Waals surface area contributed by atoms with E-state index in [4.69, 9.17) is 5.10 Å². The summed E-state index contributed by atoms with van der Waals surface area (Å²) in [6, 6.07) is 4.23. The monoisotopic (exact) mass is 637 g/mol. The van der Waals surface area contributed by atoms with Crippen LogP contribution in [0.2, 0.25) is 0 Å². The molecule has 0 bridgehead atoms. The number of piperidine rings is 1. The molecule has 1 saturated carbocycles. The Balaban J connectivity index is 0.975. The minimum absolute atomic E-state index is 0.0415. The number of amides is 1. The van der Waals surface area contributed by atoms with Gasteiger partial charge in [0.15, 0.2) is 0 Å². The van der Waals surface area contributed by atoms with Crippen LogP contribution in [-0.4, -0.2) is 105 Å². The number of aliphatic imine (C=N–C) groups is 2. The van der Waals surface area contributed by atoms with Crippen LogP contribution in [0.15, 0.2) is 33.4 Å². The average molecular weight is 638 g/mol. The predicted octanol–water partition coefficient (Wildman–Crippen LogP) is 2.41. The lowest BCUT2D eigenvalue weighted by Gasteiger charge is -2.57. The van der Waals surface area contributed by atoms with Crippen LogP contribution in [0.4, 0.5) is 13.2 Å². The lowest BCUT2D eigenvalue weighted by atomic mass is 9.81. The van der Waals surface area contributed by atoms with E-state index in [9.17, 15) is 23.2 Å². The fourth-order valence-electron chi connectivity index (χ4n) is 8.11. The van der Waals surface area contributed by atoms with E-state index in [1.54, 1.807) is 11.2 Å². The summed E-state index contributed by atoms with van der Waals surface area (Å²) >= 11 is 0. The maximum Gasteiger partial charge on any atom is 0.451 e. The van der Waals surface area contributed by atoms with Gasteiger partial charge in [0, 0.05) is 62.9 Å². The van der Waals surface area contributed by atoms with E-state index in [0.717, 1.165) is 5.84 Å². The number of carbonyl (C=O) groups is 1. The highest BCUT2D eigenvalue weighted by Crippen LogP contribution is 2.64. The Labute approximate surface area is 265 Å². The number of aromatic nitrogens is 2. The van der Waals surface area contributed by atoms with E-state index in [2.05, 4.69) is 59.6 Å². The lowest BCUT2D eigenvalue weighted by Crippen LogP contribution is -2.72. The van der Waals surface area contributed by atoms with Crippen LogP contribution in [0.3, 0.4) is 0 Å². The highest BCUT2D eigenvalue weighted by Gasteiger charge is 2.72. The first-order valence-electron chi connectivity index (χ1n) is 15.9. The maximum absolute atomic E-state index is 13.6. The first kappa shape index (κ1) is 30.7. The van der Waals surface area contributed by atoms with Gasteiger partial charge in [-0.2, -0.15) is 23.5 Å². The second-order valence-electron chi connectivity index (χ2n) is 13.6. The van der Waals surface area contributed by atoms with Gasteiger partial charge in [0.25, 0.3) is 5.91 Å². The van der Waals surface area contributed by atoms with E-state index in [0.29, 0.717) is 45.4 Å². The van der Waals surface area contributed by atoms with Crippen molar-refractivity contribution < 1.29 is 18.0 Å². The molecular weight excluding hydrogens is 599 g/mol. The normalized spacial score (nSPS) is 31.3. The summed E-state index contributed by atoms with van der Waals surface area (Å²) in [5.41, 5.74) is -0.690. The van der Waals surface area contributed by atoms with Crippen LogP contribution in [-0.2, 0) is 12.7 Å². The number of nitrogens with zero attached hydrogens (tertiary/aromatic N) is 9. The molecule has 5 atom stereocenters. The summed E-state index contributed by atoms with van der Waals surface area (Å²) in [4.78, 5) is 33.7. The summed E-state index contributed by atoms with van der Waals surface area (Å²) in [6.45, 7) is 8.24. The van der Waals surface area contributed by atoms with Crippen molar-refractivity contribution in [3.8, 4) is 6.07 Å². The van der Waals surface area contributed by atoms with Crippen molar-refractivity contribution in [1.82, 2.24) is 35.4 Å². The first-order valence-corrected chi connectivity index (χ1v) is 15.9. The molecule has 244 valence electrons. The minimum Gasteiger partial charge on any atom is -0.350 e. The molecule has 2 N–H and O–H groups in total. The van der Waals surface area contributed by atoms with Gasteiger partial charge in [-0.1, -0.05) is 19.9 Å². The quantitative estimate of drug-likeness (QED) is 0.444. The molecule has 5 aliphatic heterocycles. The molecule has 46 heavy (non-hydrogen) atoms. The van der Waals surface area contributed by atoms with Crippen molar-refractivity contribution in [2.24, 2.45) is 32.3 Å². The Morgan fingerprint density at radius 3 is 2.70 bits per heavy atom. The average Bonchev–Trinajstić information content (AvgIpc) is 3.25. The van der Waals surface area contributed by atoms with Crippen molar-refractivity contribution in [1.29, 1.82) is 5.26 Å². The topological polar surface area (TPSA) is 138 Å². The van der Waals surface area contributed by atoms with E-state index in [-0.39, 0.29) is 59.4 Å². The molecule has 0 radical (unpaired) electrons. The molecule has 12 nitrogen and oxygen atoms in total. The number of amidine groups is 1. The molecule has 1 aliphatic carbocycles. The van der Waals surface area contributed by atoms with Crippen molar-refractivity contribution in [2.45, 2.75) is 82.5 Å². The Kier molecular flexibility index (Phi) is 7.43. The van der Waals surface area contributed by atoms with Crippen LogP contribution in [0.5, 0.6) is 0 Å². The van der Waals surface area contributed by atoms with Gasteiger partial charge in [-0.05, 0) is 32.0 Å². The number of halogens is 3. The number of nitrogens with one attached hydrogen (secondary N) is 2. The van der Waals surface area contributed by atoms with Crippen LogP contribution >= 0.6 is 0 Å². The number of carbonyl (C=O) groups excluding carboxylic acids is 1. The van der Waals surface area contributed by atoms with Gasteiger partial charge in [0.05, 0.1) is 41.2 Å². The number of nitriles is 1. The standard InChI is InChI=1S/C31H38F3N11O/c1-18(2)37-13-20-12-23(42-28(41-20)31(32,33)34)26(46)43-10-4-21(5-11-43)44-15-29(16-44,6-8-35)45-19(3)22(14-40-45)24-25-30(24)7-9-36-27(30)39-17-38-25/h7,9,12,14,17-19,21-22,24-25,37H,4-6,10-11,13,15-16H2,1-3H3,(H,36,38,39). The molecule has 6 heterocycles. The highest BCUT2D eigenvalue weighted by molar-refractivity contribution is 6.03. The van der Waals surface area contributed by atoms with Gasteiger partial charge in [-0.3, -0.25) is 19.7 Å². The molecule has 1 spiro atoms. The van der Waals surface area contributed by atoms with E-state index in [1.165, 1.54) is 6.07 Å². The molecule has 6 aliphatic rings. The Morgan fingerprint density at radius 1 is 1.24 bits per heavy atom. The van der Waals surface area contributed by atoms with Gasteiger partial charge < -0.3 is 15.5 Å². The van der Waals surface area contributed by atoms with Crippen molar-refractivity contribution in [3.63, 3.8) is 0 Å². The van der Waals surface area contributed by atoms with Crippen molar-refractivity contribution >= 4 is 24.3 Å². The third kappa shape index (κ3) is 4.97. The number of alkyl halides is 3. The van der Waals surface area contributed by atoms with Gasteiger partial charge in [0.1, 0.15) is 17.9 Å². The first-order chi connectivity index (χ1) is 22.0. The third-order valence-corrected chi connectivity index (χ3v) is 10.5. The second-order valence-corrected chi connectivity index (χ2v) is 13.6. The number of hydrazone groups is 1. The highest BCUT2D eigenvalue weighted by atomic mass is 19.4. The minimum atomic E-state index is -4.76. The van der Waals surface area contributed by atoms with Crippen LogP contribution < -0.4 is 10.6 Å². The van der Waals surface area contributed by atoms with Crippen LogP contribution in [0.1, 0.15) is 62.0 Å². The van der Waals surface area contributed by atoms with Gasteiger partial charge >= 0.3 is 6.18 Å². The zero-order valence-corrected chi connectivity index (χ0v) is 26.1. The van der Waals surface area contributed by atoms with Gasteiger partial charge in [0.2, 0.25) is 5.82 Å². The van der Waals surface area contributed by atoms with E-state index >= 15 is 0 Å². The number of rotatable bonds is 8.